The number of halogens is 1. The van der Waals surface area contributed by atoms with Crippen LogP contribution in [-0.2, 0) is 7.05 Å². The third-order valence-corrected chi connectivity index (χ3v) is 3.09. The zero-order valence-electron chi connectivity index (χ0n) is 11.1. The van der Waals surface area contributed by atoms with Crippen molar-refractivity contribution >= 4 is 23.3 Å². The molecule has 19 heavy (non-hydrogen) atoms. The molecule has 0 aliphatic rings. The van der Waals surface area contributed by atoms with Gasteiger partial charge in [-0.3, -0.25) is 4.79 Å². The Balaban J connectivity index is 2.92. The van der Waals surface area contributed by atoms with Crippen LogP contribution in [-0.4, -0.2) is 39.3 Å². The summed E-state index contributed by atoms with van der Waals surface area (Å²) >= 11 is 5.69. The van der Waals surface area contributed by atoms with Crippen LogP contribution in [0.5, 0.6) is 0 Å². The lowest BCUT2D eigenvalue weighted by molar-refractivity contribution is -0.391. The molecule has 7 heteroatoms. The molecule has 0 aliphatic heterocycles. The van der Waals surface area contributed by atoms with E-state index in [-0.39, 0.29) is 11.7 Å². The van der Waals surface area contributed by atoms with Crippen molar-refractivity contribution < 1.29 is 9.72 Å². The number of carbonyl (C=O) groups excluding carboxylic acids is 1. The first-order valence-electron chi connectivity index (χ1n) is 6.18. The maximum Gasteiger partial charge on any atom is 0.323 e. The molecule has 0 bridgehead atoms. The molecule has 6 nitrogen and oxygen atoms in total. The van der Waals surface area contributed by atoms with Crippen LogP contribution >= 0.6 is 11.6 Å². The topological polar surface area (TPSA) is 68.4 Å². The van der Waals surface area contributed by atoms with Gasteiger partial charge in [-0.15, -0.1) is 11.6 Å². The molecule has 1 amide bonds. The first kappa shape index (κ1) is 15.5. The summed E-state index contributed by atoms with van der Waals surface area (Å²) < 4.78 is 1.30. The molecule has 0 saturated heterocycles. The van der Waals surface area contributed by atoms with Crippen molar-refractivity contribution in [3.05, 3.63) is 27.9 Å². The molecule has 1 rings (SSSR count). The Morgan fingerprint density at radius 1 is 1.47 bits per heavy atom. The molecule has 0 aromatic carbocycles. The van der Waals surface area contributed by atoms with Crippen molar-refractivity contribution in [2.45, 2.75) is 19.8 Å². The minimum Gasteiger partial charge on any atom is -0.358 e. The van der Waals surface area contributed by atoms with E-state index in [0.29, 0.717) is 24.7 Å². The molecular weight excluding hydrogens is 270 g/mol. The molecule has 0 unspecified atom stereocenters. The Morgan fingerprint density at radius 2 is 2.16 bits per heavy atom. The van der Waals surface area contributed by atoms with Crippen molar-refractivity contribution in [2.75, 3.05) is 19.0 Å². The number of hydrogen-bond donors (Lipinski definition) is 0. The Morgan fingerprint density at radius 3 is 2.63 bits per heavy atom. The molecule has 0 saturated carbocycles. The lowest BCUT2D eigenvalue weighted by Crippen LogP contribution is -2.34. The van der Waals surface area contributed by atoms with Crippen molar-refractivity contribution in [2.24, 2.45) is 7.05 Å². The zero-order valence-corrected chi connectivity index (χ0v) is 11.9. The summed E-state index contributed by atoms with van der Waals surface area (Å²) in [6.07, 6.45) is 1.86. The Bertz CT molecular complexity index is 459. The smallest absolute Gasteiger partial charge is 0.323 e. The number of nitrogens with zero attached hydrogens (tertiary/aromatic N) is 3. The second kappa shape index (κ2) is 7.13. The normalized spacial score (nSPS) is 10.5. The van der Waals surface area contributed by atoms with Gasteiger partial charge in [-0.1, -0.05) is 13.3 Å². The van der Waals surface area contributed by atoms with Crippen LogP contribution in [0.15, 0.2) is 12.1 Å². The summed E-state index contributed by atoms with van der Waals surface area (Å²) in [7, 11) is 1.52. The second-order valence-corrected chi connectivity index (χ2v) is 4.61. The number of alkyl halides is 1. The van der Waals surface area contributed by atoms with Gasteiger partial charge in [-0.05, 0) is 17.4 Å². The van der Waals surface area contributed by atoms with E-state index >= 15 is 0 Å². The van der Waals surface area contributed by atoms with Crippen molar-refractivity contribution in [3.8, 4) is 0 Å². The molecule has 1 aromatic rings. The first-order valence-corrected chi connectivity index (χ1v) is 6.71. The summed E-state index contributed by atoms with van der Waals surface area (Å²) in [5, 5.41) is 10.8. The number of hydrogen-bond acceptors (Lipinski definition) is 3. The summed E-state index contributed by atoms with van der Waals surface area (Å²) in [6.45, 7) is 3.09. The average molecular weight is 288 g/mol. The number of rotatable bonds is 7. The standard InChI is InChI=1S/C12H18ClN3O3/c1-3-4-8-15(9-7-13)12(17)10-5-6-11(14(10)2)16(18)19/h5-6H,3-4,7-9H2,1-2H3. The maximum absolute atomic E-state index is 12.3. The van der Waals surface area contributed by atoms with Crippen molar-refractivity contribution in [1.29, 1.82) is 0 Å². The predicted molar refractivity (Wildman–Crippen MR) is 73.6 cm³/mol. The highest BCUT2D eigenvalue weighted by Gasteiger charge is 2.24. The predicted octanol–water partition coefficient (Wildman–Crippen LogP) is 2.41. The molecule has 1 aromatic heterocycles. The quantitative estimate of drug-likeness (QED) is 0.439. The number of amides is 1. The summed E-state index contributed by atoms with van der Waals surface area (Å²) in [5.74, 6) is 0.0384. The molecule has 0 spiro atoms. The molecular formula is C12H18ClN3O3. The molecule has 0 fully saturated rings. The minimum absolute atomic E-state index is 0.0929. The van der Waals surface area contributed by atoms with Crippen molar-refractivity contribution in [3.63, 3.8) is 0 Å². The van der Waals surface area contributed by atoms with Crippen LogP contribution in [0, 0.1) is 10.1 Å². The van der Waals surface area contributed by atoms with E-state index in [2.05, 4.69) is 0 Å². The molecule has 1 heterocycles. The number of unbranched alkanes of at least 4 members (excludes halogenated alkanes) is 1. The average Bonchev–Trinajstić information content (AvgIpc) is 2.75. The monoisotopic (exact) mass is 287 g/mol. The zero-order chi connectivity index (χ0) is 14.4. The van der Waals surface area contributed by atoms with Gasteiger partial charge in [-0.25, -0.2) is 4.57 Å². The van der Waals surface area contributed by atoms with Crippen LogP contribution in [0.2, 0.25) is 0 Å². The highest BCUT2D eigenvalue weighted by Crippen LogP contribution is 2.17. The lowest BCUT2D eigenvalue weighted by atomic mass is 10.3. The van der Waals surface area contributed by atoms with Gasteiger partial charge < -0.3 is 15.0 Å². The van der Waals surface area contributed by atoms with E-state index in [1.165, 1.54) is 23.7 Å². The fourth-order valence-corrected chi connectivity index (χ4v) is 2.03. The Kier molecular flexibility index (Phi) is 5.82. The van der Waals surface area contributed by atoms with Gasteiger partial charge in [0.15, 0.2) is 5.69 Å². The van der Waals surface area contributed by atoms with Crippen LogP contribution in [0.25, 0.3) is 0 Å². The first-order chi connectivity index (χ1) is 9.02. The van der Waals surface area contributed by atoms with Gasteiger partial charge in [0.05, 0.1) is 7.05 Å². The third kappa shape index (κ3) is 3.70. The summed E-state index contributed by atoms with van der Waals surface area (Å²) in [4.78, 5) is 24.2. The van der Waals surface area contributed by atoms with E-state index < -0.39 is 4.92 Å². The van der Waals surface area contributed by atoms with E-state index in [1.54, 1.807) is 4.90 Å². The summed E-state index contributed by atoms with van der Waals surface area (Å²) in [6, 6.07) is 2.82. The summed E-state index contributed by atoms with van der Waals surface area (Å²) in [5.41, 5.74) is 0.313. The molecule has 0 radical (unpaired) electrons. The van der Waals surface area contributed by atoms with Gasteiger partial charge >= 0.3 is 5.82 Å². The fraction of sp³-hybridized carbons (Fsp3) is 0.583. The minimum atomic E-state index is -0.505. The Hall–Kier alpha value is -1.56. The van der Waals surface area contributed by atoms with Gasteiger partial charge in [0, 0.05) is 25.0 Å². The molecule has 106 valence electrons. The van der Waals surface area contributed by atoms with Crippen LogP contribution in [0.4, 0.5) is 5.82 Å². The lowest BCUT2D eigenvalue weighted by Gasteiger charge is -2.20. The third-order valence-electron chi connectivity index (χ3n) is 2.92. The second-order valence-electron chi connectivity index (χ2n) is 4.23. The fourth-order valence-electron chi connectivity index (χ4n) is 1.83. The molecule has 0 atom stereocenters. The maximum atomic E-state index is 12.3. The number of carbonyl (C=O) groups is 1. The highest BCUT2D eigenvalue weighted by molar-refractivity contribution is 6.18. The number of nitro groups is 1. The Labute approximate surface area is 117 Å². The highest BCUT2D eigenvalue weighted by atomic mass is 35.5. The van der Waals surface area contributed by atoms with Gasteiger partial charge in [-0.2, -0.15) is 0 Å². The van der Waals surface area contributed by atoms with E-state index in [0.717, 1.165) is 12.8 Å². The SMILES string of the molecule is CCCCN(CCCl)C(=O)c1ccc([N+](=O)[O-])n1C. The van der Waals surface area contributed by atoms with E-state index in [9.17, 15) is 14.9 Å². The van der Waals surface area contributed by atoms with Crippen LogP contribution in [0.1, 0.15) is 30.3 Å². The van der Waals surface area contributed by atoms with Gasteiger partial charge in [0.1, 0.15) is 0 Å². The van der Waals surface area contributed by atoms with E-state index in [1.807, 2.05) is 6.92 Å². The molecule has 0 aliphatic carbocycles. The van der Waals surface area contributed by atoms with Crippen LogP contribution < -0.4 is 0 Å². The van der Waals surface area contributed by atoms with Crippen LogP contribution in [0.3, 0.4) is 0 Å². The van der Waals surface area contributed by atoms with Crippen molar-refractivity contribution in [1.82, 2.24) is 9.47 Å². The van der Waals surface area contributed by atoms with Gasteiger partial charge in [0.2, 0.25) is 0 Å². The van der Waals surface area contributed by atoms with Gasteiger partial charge in [0.25, 0.3) is 5.91 Å². The molecule has 0 N–H and O–H groups in total. The van der Waals surface area contributed by atoms with E-state index in [4.69, 9.17) is 11.6 Å². The number of aromatic nitrogens is 1. The largest absolute Gasteiger partial charge is 0.358 e.